The first-order valence-electron chi connectivity index (χ1n) is 6.11. The van der Waals surface area contributed by atoms with Gasteiger partial charge in [-0.15, -0.1) is 11.3 Å². The number of nitrogens with zero attached hydrogens (tertiary/aromatic N) is 2. The Labute approximate surface area is 112 Å². The van der Waals surface area contributed by atoms with Crippen LogP contribution in [0.2, 0.25) is 0 Å². The maximum Gasteiger partial charge on any atom is 0.0772 e. The fourth-order valence-electron chi connectivity index (χ4n) is 2.00. The van der Waals surface area contributed by atoms with Crippen LogP contribution in [0.5, 0.6) is 0 Å². The Hall–Kier alpha value is -1.39. The van der Waals surface area contributed by atoms with Gasteiger partial charge in [-0.3, -0.25) is 4.98 Å². The van der Waals surface area contributed by atoms with Crippen LogP contribution in [0.1, 0.15) is 17.5 Å². The van der Waals surface area contributed by atoms with Crippen LogP contribution in [0, 0.1) is 0 Å². The number of rotatable bonds is 5. The Morgan fingerprint density at radius 1 is 1.39 bits per heavy atom. The summed E-state index contributed by atoms with van der Waals surface area (Å²) in [6.45, 7) is 2.71. The summed E-state index contributed by atoms with van der Waals surface area (Å²) in [5, 5.41) is 2.12. The molecule has 4 heteroatoms. The van der Waals surface area contributed by atoms with E-state index in [-0.39, 0.29) is 0 Å². The molecule has 0 aromatic carbocycles. The van der Waals surface area contributed by atoms with Crippen molar-refractivity contribution in [2.45, 2.75) is 25.9 Å². The lowest BCUT2D eigenvalue weighted by Gasteiger charge is -2.28. The lowest BCUT2D eigenvalue weighted by Crippen LogP contribution is -2.31. The molecule has 2 heterocycles. The van der Waals surface area contributed by atoms with E-state index in [4.69, 9.17) is 5.73 Å². The molecule has 1 atom stereocenters. The Morgan fingerprint density at radius 2 is 2.22 bits per heavy atom. The molecule has 0 amide bonds. The SMILES string of the molecule is CC(Cc1cccs1)N(C)c1cccnc1CN. The van der Waals surface area contributed by atoms with Gasteiger partial charge in [0.15, 0.2) is 0 Å². The molecule has 3 nitrogen and oxygen atoms in total. The highest BCUT2D eigenvalue weighted by Crippen LogP contribution is 2.21. The largest absolute Gasteiger partial charge is 0.370 e. The van der Waals surface area contributed by atoms with Crippen molar-refractivity contribution in [3.05, 3.63) is 46.4 Å². The Balaban J connectivity index is 2.12. The Bertz CT molecular complexity index is 482. The molecule has 2 N–H and O–H groups in total. The highest BCUT2D eigenvalue weighted by molar-refractivity contribution is 7.09. The molecule has 0 bridgehead atoms. The first-order chi connectivity index (χ1) is 8.72. The van der Waals surface area contributed by atoms with Crippen molar-refractivity contribution >= 4 is 17.0 Å². The summed E-state index contributed by atoms with van der Waals surface area (Å²) in [4.78, 5) is 8.00. The highest BCUT2D eigenvalue weighted by Gasteiger charge is 2.14. The lowest BCUT2D eigenvalue weighted by molar-refractivity contribution is 0.682. The van der Waals surface area contributed by atoms with E-state index < -0.39 is 0 Å². The number of thiophene rings is 1. The molecule has 0 aliphatic heterocycles. The van der Waals surface area contributed by atoms with Crippen LogP contribution in [0.3, 0.4) is 0 Å². The molecule has 0 saturated heterocycles. The highest BCUT2D eigenvalue weighted by atomic mass is 32.1. The molecule has 96 valence electrons. The van der Waals surface area contributed by atoms with Crippen molar-refractivity contribution in [1.82, 2.24) is 4.98 Å². The first-order valence-corrected chi connectivity index (χ1v) is 6.99. The van der Waals surface area contributed by atoms with Crippen molar-refractivity contribution in [2.24, 2.45) is 5.73 Å². The molecule has 0 aliphatic carbocycles. The summed E-state index contributed by atoms with van der Waals surface area (Å²) in [6, 6.07) is 8.76. The van der Waals surface area contributed by atoms with E-state index in [9.17, 15) is 0 Å². The Morgan fingerprint density at radius 3 is 2.89 bits per heavy atom. The number of likely N-dealkylation sites (N-methyl/N-ethyl adjacent to an activating group) is 1. The van der Waals surface area contributed by atoms with Gasteiger partial charge < -0.3 is 10.6 Å². The zero-order valence-electron chi connectivity index (χ0n) is 10.8. The molecule has 0 saturated carbocycles. The van der Waals surface area contributed by atoms with Gasteiger partial charge in [-0.2, -0.15) is 0 Å². The summed E-state index contributed by atoms with van der Waals surface area (Å²) < 4.78 is 0. The van der Waals surface area contributed by atoms with Crippen molar-refractivity contribution < 1.29 is 0 Å². The van der Waals surface area contributed by atoms with E-state index >= 15 is 0 Å². The predicted molar refractivity (Wildman–Crippen MR) is 78.0 cm³/mol. The minimum absolute atomic E-state index is 0.429. The van der Waals surface area contributed by atoms with Gasteiger partial charge >= 0.3 is 0 Å². The normalized spacial score (nSPS) is 12.4. The standard InChI is InChI=1S/C14H19N3S/c1-11(9-12-5-4-8-18-12)17(2)14-6-3-7-16-13(14)10-15/h3-8,11H,9-10,15H2,1-2H3. The van der Waals surface area contributed by atoms with Crippen LogP contribution in [-0.4, -0.2) is 18.1 Å². The van der Waals surface area contributed by atoms with Crippen LogP contribution in [0.25, 0.3) is 0 Å². The topological polar surface area (TPSA) is 42.2 Å². The predicted octanol–water partition coefficient (Wildman–Crippen LogP) is 2.67. The van der Waals surface area contributed by atoms with Gasteiger partial charge in [0.2, 0.25) is 0 Å². The number of hydrogen-bond donors (Lipinski definition) is 1. The molecule has 18 heavy (non-hydrogen) atoms. The fourth-order valence-corrected chi connectivity index (χ4v) is 2.83. The van der Waals surface area contributed by atoms with Crippen LogP contribution in [-0.2, 0) is 13.0 Å². The molecule has 0 aliphatic rings. The number of hydrogen-bond acceptors (Lipinski definition) is 4. The molecular weight excluding hydrogens is 242 g/mol. The second-order valence-electron chi connectivity index (χ2n) is 4.42. The Kier molecular flexibility index (Phi) is 4.33. The number of aromatic nitrogens is 1. The van der Waals surface area contributed by atoms with Gasteiger partial charge in [0.25, 0.3) is 0 Å². The van der Waals surface area contributed by atoms with Crippen molar-refractivity contribution in [3.8, 4) is 0 Å². The van der Waals surface area contributed by atoms with Gasteiger partial charge in [0.1, 0.15) is 0 Å². The van der Waals surface area contributed by atoms with Crippen LogP contribution in [0.4, 0.5) is 5.69 Å². The van der Waals surface area contributed by atoms with E-state index in [1.165, 1.54) is 4.88 Å². The van der Waals surface area contributed by atoms with E-state index in [0.717, 1.165) is 17.8 Å². The second kappa shape index (κ2) is 5.98. The van der Waals surface area contributed by atoms with Gasteiger partial charge in [-0.25, -0.2) is 0 Å². The summed E-state index contributed by atoms with van der Waals surface area (Å²) >= 11 is 1.81. The average molecular weight is 261 g/mol. The smallest absolute Gasteiger partial charge is 0.0772 e. The third-order valence-corrected chi connectivity index (χ3v) is 4.08. The first kappa shape index (κ1) is 13.1. The monoisotopic (exact) mass is 261 g/mol. The van der Waals surface area contributed by atoms with Crippen molar-refractivity contribution in [1.29, 1.82) is 0 Å². The van der Waals surface area contributed by atoms with Crippen molar-refractivity contribution in [3.63, 3.8) is 0 Å². The summed E-state index contributed by atoms with van der Waals surface area (Å²) in [5.74, 6) is 0. The third-order valence-electron chi connectivity index (χ3n) is 3.18. The summed E-state index contributed by atoms with van der Waals surface area (Å²) in [7, 11) is 2.11. The molecule has 2 aromatic heterocycles. The van der Waals surface area contributed by atoms with Crippen LogP contribution < -0.4 is 10.6 Å². The molecule has 0 fully saturated rings. The third kappa shape index (κ3) is 2.89. The van der Waals surface area contributed by atoms with Gasteiger partial charge in [0, 0.05) is 37.1 Å². The fraction of sp³-hybridized carbons (Fsp3) is 0.357. The van der Waals surface area contributed by atoms with Gasteiger partial charge in [-0.1, -0.05) is 6.07 Å². The van der Waals surface area contributed by atoms with Crippen LogP contribution >= 0.6 is 11.3 Å². The lowest BCUT2D eigenvalue weighted by atomic mass is 10.1. The molecule has 0 spiro atoms. The molecule has 2 rings (SSSR count). The van der Waals surface area contributed by atoms with Gasteiger partial charge in [0.05, 0.1) is 11.4 Å². The number of pyridine rings is 1. The van der Waals surface area contributed by atoms with E-state index in [1.54, 1.807) is 17.5 Å². The average Bonchev–Trinajstić information content (AvgIpc) is 2.90. The van der Waals surface area contributed by atoms with Crippen molar-refractivity contribution in [2.75, 3.05) is 11.9 Å². The summed E-state index contributed by atoms with van der Waals surface area (Å²) in [6.07, 6.45) is 2.84. The zero-order chi connectivity index (χ0) is 13.0. The molecular formula is C14H19N3S. The quantitative estimate of drug-likeness (QED) is 0.899. The van der Waals surface area contributed by atoms with Crippen LogP contribution in [0.15, 0.2) is 35.8 Å². The maximum absolute atomic E-state index is 5.74. The van der Waals surface area contributed by atoms with E-state index in [1.807, 2.05) is 6.07 Å². The second-order valence-corrected chi connectivity index (χ2v) is 5.45. The summed E-state index contributed by atoms with van der Waals surface area (Å²) in [5.41, 5.74) is 7.82. The minimum Gasteiger partial charge on any atom is -0.370 e. The van der Waals surface area contributed by atoms with E-state index in [2.05, 4.69) is 47.4 Å². The molecule has 0 radical (unpaired) electrons. The minimum atomic E-state index is 0.429. The maximum atomic E-state index is 5.74. The zero-order valence-corrected chi connectivity index (χ0v) is 11.7. The molecule has 2 aromatic rings. The number of nitrogens with two attached hydrogens (primary N) is 1. The number of anilines is 1. The van der Waals surface area contributed by atoms with Gasteiger partial charge in [-0.05, 0) is 30.5 Å². The van der Waals surface area contributed by atoms with E-state index in [0.29, 0.717) is 12.6 Å². The molecule has 1 unspecified atom stereocenters.